The summed E-state index contributed by atoms with van der Waals surface area (Å²) in [6.45, 7) is 0.936. The number of nitrogens with zero attached hydrogens (tertiary/aromatic N) is 2. The van der Waals surface area contributed by atoms with Crippen molar-refractivity contribution in [1.29, 1.82) is 0 Å². The molecule has 2 heterocycles. The van der Waals surface area contributed by atoms with Crippen molar-refractivity contribution >= 4 is 17.5 Å². The van der Waals surface area contributed by atoms with Gasteiger partial charge in [-0.3, -0.25) is 9.78 Å². The van der Waals surface area contributed by atoms with Crippen molar-refractivity contribution in [3.63, 3.8) is 0 Å². The van der Waals surface area contributed by atoms with Gasteiger partial charge in [0.25, 0.3) is 5.56 Å². The van der Waals surface area contributed by atoms with Crippen LogP contribution in [0.3, 0.4) is 0 Å². The summed E-state index contributed by atoms with van der Waals surface area (Å²) in [4.78, 5) is 20.0. The Morgan fingerprint density at radius 1 is 1.47 bits per heavy atom. The summed E-state index contributed by atoms with van der Waals surface area (Å²) in [5, 5.41) is 20.9. The van der Waals surface area contributed by atoms with E-state index in [1.807, 2.05) is 4.90 Å². The molecule has 19 heavy (non-hydrogen) atoms. The molecule has 1 aliphatic rings. The Bertz CT molecular complexity index is 482. The molecule has 1 aromatic heterocycles. The van der Waals surface area contributed by atoms with E-state index in [-0.39, 0.29) is 83.5 Å². The van der Waals surface area contributed by atoms with E-state index < -0.39 is 0 Å². The normalized spacial score (nSPS) is 13.1. The van der Waals surface area contributed by atoms with Crippen LogP contribution < -0.4 is 72.9 Å². The Labute approximate surface area is 154 Å². The molecule has 1 aliphatic heterocycles. The van der Waals surface area contributed by atoms with Crippen LogP contribution in [0.5, 0.6) is 0 Å². The van der Waals surface area contributed by atoms with Gasteiger partial charge in [0.05, 0.1) is 6.67 Å². The van der Waals surface area contributed by atoms with E-state index in [0.29, 0.717) is 31.1 Å². The first-order chi connectivity index (χ1) is 8.65. The minimum absolute atomic E-state index is 0. The molecule has 0 fully saturated rings. The maximum absolute atomic E-state index is 11.6. The zero-order valence-corrected chi connectivity index (χ0v) is 14.0. The van der Waals surface area contributed by atoms with E-state index in [1.165, 1.54) is 0 Å². The van der Waals surface area contributed by atoms with Gasteiger partial charge in [-0.25, -0.2) is 0 Å². The molecular formula is C10H18KN5O3. The third-order valence-electron chi connectivity index (χ3n) is 2.99. The number of anilines is 3. The molecule has 102 valence electrons. The summed E-state index contributed by atoms with van der Waals surface area (Å²) in [5.41, 5.74) is 5.62. The van der Waals surface area contributed by atoms with Crippen molar-refractivity contribution in [3.8, 4) is 0 Å². The van der Waals surface area contributed by atoms with E-state index in [2.05, 4.69) is 15.3 Å². The van der Waals surface area contributed by atoms with Crippen molar-refractivity contribution < 1.29 is 63.0 Å². The van der Waals surface area contributed by atoms with Gasteiger partial charge in [-0.1, -0.05) is 0 Å². The van der Waals surface area contributed by atoms with Gasteiger partial charge in [-0.05, 0) is 6.42 Å². The first kappa shape index (κ1) is 16.9. The number of nitrogens with two attached hydrogens (primary N) is 1. The molecule has 2 rings (SSSR count). The predicted molar refractivity (Wildman–Crippen MR) is 68.5 cm³/mol. The summed E-state index contributed by atoms with van der Waals surface area (Å²) >= 11 is 0. The Morgan fingerprint density at radius 2 is 2.16 bits per heavy atom. The maximum Gasteiger partial charge on any atom is 1.00 e. The summed E-state index contributed by atoms with van der Waals surface area (Å²) in [5.74, 6) is 0.438. The fourth-order valence-corrected chi connectivity index (χ4v) is 1.88. The first-order valence-electron chi connectivity index (χ1n) is 5.76. The van der Waals surface area contributed by atoms with E-state index in [4.69, 9.17) is 15.9 Å². The van der Waals surface area contributed by atoms with Crippen molar-refractivity contribution in [1.82, 2.24) is 9.97 Å². The largest absolute Gasteiger partial charge is 1.00 e. The topological polar surface area (TPSA) is 128 Å². The number of aromatic amines is 1. The number of nitrogen functional groups attached to an aromatic ring is 1. The van der Waals surface area contributed by atoms with Gasteiger partial charge < -0.3 is 27.6 Å². The number of fused-ring (bicyclic) bond motifs is 1. The summed E-state index contributed by atoms with van der Waals surface area (Å²) < 4.78 is 0. The molecule has 6 N–H and O–H groups in total. The molecule has 9 heteroatoms. The zero-order chi connectivity index (χ0) is 13.1. The van der Waals surface area contributed by atoms with Gasteiger partial charge in [0.1, 0.15) is 5.69 Å². The van der Waals surface area contributed by atoms with Gasteiger partial charge in [0, 0.05) is 25.7 Å². The van der Waals surface area contributed by atoms with Crippen LogP contribution in [-0.2, 0) is 0 Å². The quantitative estimate of drug-likeness (QED) is 0.347. The average molecular weight is 295 g/mol. The Hall–Kier alpha value is -0.164. The van der Waals surface area contributed by atoms with E-state index in [9.17, 15) is 4.79 Å². The molecule has 0 unspecified atom stereocenters. The second-order valence-corrected chi connectivity index (χ2v) is 4.27. The molecule has 0 amide bonds. The van der Waals surface area contributed by atoms with E-state index in [1.54, 1.807) is 0 Å². The third-order valence-corrected chi connectivity index (χ3v) is 2.99. The van der Waals surface area contributed by atoms with Crippen LogP contribution in [0.1, 0.15) is 7.85 Å². The predicted octanol–water partition coefficient (Wildman–Crippen LogP) is -4.35. The number of aliphatic hydroxyl groups excluding tert-OH is 2. The minimum atomic E-state index is -0.291. The van der Waals surface area contributed by atoms with Crippen LogP contribution >= 0.6 is 0 Å². The number of H-pyrrole nitrogens is 1. The zero-order valence-electron chi connectivity index (χ0n) is 11.9. The van der Waals surface area contributed by atoms with Gasteiger partial charge in [0.2, 0.25) is 5.95 Å². The maximum atomic E-state index is 11.6. The molecule has 0 atom stereocenters. The number of hydrogen-bond acceptors (Lipinski definition) is 7. The number of aromatic nitrogens is 2. The minimum Gasteiger partial charge on any atom is -1.00 e. The second kappa shape index (κ2) is 7.57. The molecule has 0 spiro atoms. The summed E-state index contributed by atoms with van der Waals surface area (Å²) in [7, 11) is 0. The van der Waals surface area contributed by atoms with Crippen LogP contribution in [0.4, 0.5) is 17.5 Å². The monoisotopic (exact) mass is 295 g/mol. The van der Waals surface area contributed by atoms with Crippen molar-refractivity contribution in [2.75, 3.05) is 42.4 Å². The Kier molecular flexibility index (Phi) is 6.73. The molecule has 0 aliphatic carbocycles. The van der Waals surface area contributed by atoms with Gasteiger partial charge in [-0.2, -0.15) is 4.98 Å². The average Bonchev–Trinajstić information content (AvgIpc) is 2.74. The number of hydrogen-bond donors (Lipinski definition) is 5. The SMILES string of the molecule is Nc1nc2c(c(=O)[nH]1)NCN2CCC(CO)CO.[H-].[K+]. The molecular weight excluding hydrogens is 277 g/mol. The number of rotatable bonds is 5. The number of aliphatic hydroxyl groups is 2. The van der Waals surface area contributed by atoms with Gasteiger partial charge in [0.15, 0.2) is 5.82 Å². The number of nitrogens with one attached hydrogen (secondary N) is 2. The van der Waals surface area contributed by atoms with Crippen LogP contribution in [-0.4, -0.2) is 46.6 Å². The fraction of sp³-hybridized carbons (Fsp3) is 0.600. The van der Waals surface area contributed by atoms with Gasteiger partial charge >= 0.3 is 51.4 Å². The Balaban J connectivity index is 0.00000180. The molecule has 0 bridgehead atoms. The van der Waals surface area contributed by atoms with Crippen LogP contribution in [0, 0.1) is 5.92 Å². The van der Waals surface area contributed by atoms with Crippen LogP contribution in [0.2, 0.25) is 0 Å². The van der Waals surface area contributed by atoms with Crippen molar-refractivity contribution in [2.24, 2.45) is 5.92 Å². The third kappa shape index (κ3) is 3.91. The van der Waals surface area contributed by atoms with Crippen LogP contribution in [0.15, 0.2) is 4.79 Å². The van der Waals surface area contributed by atoms with Gasteiger partial charge in [-0.15, -0.1) is 0 Å². The summed E-state index contributed by atoms with van der Waals surface area (Å²) in [6, 6.07) is 0. The first-order valence-corrected chi connectivity index (χ1v) is 5.76. The Morgan fingerprint density at radius 3 is 2.79 bits per heavy atom. The fourth-order valence-electron chi connectivity index (χ4n) is 1.88. The van der Waals surface area contributed by atoms with Crippen molar-refractivity contribution in [2.45, 2.75) is 6.42 Å². The smallest absolute Gasteiger partial charge is 1.00 e. The molecule has 0 radical (unpaired) electrons. The molecule has 8 nitrogen and oxygen atoms in total. The van der Waals surface area contributed by atoms with Crippen molar-refractivity contribution in [3.05, 3.63) is 10.4 Å². The summed E-state index contributed by atoms with van der Waals surface area (Å²) in [6.07, 6.45) is 0.614. The van der Waals surface area contributed by atoms with Crippen LogP contribution in [0.25, 0.3) is 0 Å². The molecule has 0 aromatic carbocycles. The molecule has 0 saturated carbocycles. The standard InChI is InChI=1S/C10H17N5O3.K.H/c11-10-13-8-7(9(18)14-10)12-5-15(8)2-1-6(3-16)4-17;;/h6,12,16-17H,1-5H2,(H3,11,13,14,18);;/q;+1;-1. The second-order valence-electron chi connectivity index (χ2n) is 4.27. The van der Waals surface area contributed by atoms with E-state index >= 15 is 0 Å². The van der Waals surface area contributed by atoms with E-state index in [0.717, 1.165) is 0 Å². The molecule has 0 saturated heterocycles. The molecule has 1 aromatic rings.